The van der Waals surface area contributed by atoms with Gasteiger partial charge in [-0.1, -0.05) is 0 Å². The van der Waals surface area contributed by atoms with E-state index >= 15 is 0 Å². The zero-order chi connectivity index (χ0) is 17.7. The average molecular weight is 331 g/mol. The number of non-ortho nitro benzene ring substituents is 1. The smallest absolute Gasteiger partial charge is 0.275 e. The van der Waals surface area contributed by atoms with Crippen LogP contribution in [0.3, 0.4) is 0 Å². The van der Waals surface area contributed by atoms with Crippen LogP contribution in [0, 0.1) is 10.1 Å². The van der Waals surface area contributed by atoms with E-state index in [9.17, 15) is 25.1 Å². The second-order valence-electron chi connectivity index (χ2n) is 4.58. The molecule has 0 aliphatic heterocycles. The van der Waals surface area contributed by atoms with E-state index in [1.54, 1.807) is 6.07 Å². The van der Waals surface area contributed by atoms with Crippen LogP contribution >= 0.6 is 0 Å². The Labute approximate surface area is 136 Å². The lowest BCUT2D eigenvalue weighted by molar-refractivity contribution is -0.384. The van der Waals surface area contributed by atoms with Crippen molar-refractivity contribution in [2.24, 2.45) is 5.10 Å². The summed E-state index contributed by atoms with van der Waals surface area (Å²) in [5.41, 5.74) is 1.77. The SMILES string of the molecule is COc1ccc(O)c(/C=N/NC(=O)c2cc([N+](=O)[O-])ccc2O)c1. The number of phenols is 2. The minimum atomic E-state index is -0.838. The van der Waals surface area contributed by atoms with Crippen molar-refractivity contribution in [2.45, 2.75) is 0 Å². The molecule has 0 fully saturated rings. The summed E-state index contributed by atoms with van der Waals surface area (Å²) in [7, 11) is 1.46. The van der Waals surface area contributed by atoms with Crippen molar-refractivity contribution in [3.8, 4) is 17.2 Å². The fourth-order valence-corrected chi connectivity index (χ4v) is 1.80. The first-order valence-corrected chi connectivity index (χ1v) is 6.60. The molecule has 0 saturated carbocycles. The van der Waals surface area contributed by atoms with Crippen molar-refractivity contribution in [3.05, 3.63) is 57.6 Å². The number of nitrogens with zero attached hydrogens (tertiary/aromatic N) is 2. The Balaban J connectivity index is 2.16. The highest BCUT2D eigenvalue weighted by Gasteiger charge is 2.16. The Bertz CT molecular complexity index is 819. The summed E-state index contributed by atoms with van der Waals surface area (Å²) in [5.74, 6) is -0.851. The molecule has 24 heavy (non-hydrogen) atoms. The summed E-state index contributed by atoms with van der Waals surface area (Å²) in [4.78, 5) is 22.0. The van der Waals surface area contributed by atoms with E-state index in [2.05, 4.69) is 10.5 Å². The number of nitrogens with one attached hydrogen (secondary N) is 1. The number of methoxy groups -OCH3 is 1. The number of hydrogen-bond donors (Lipinski definition) is 3. The second kappa shape index (κ2) is 7.09. The Morgan fingerprint density at radius 1 is 1.25 bits per heavy atom. The Hall–Kier alpha value is -3.62. The molecule has 0 aromatic heterocycles. The van der Waals surface area contributed by atoms with Gasteiger partial charge in [0.2, 0.25) is 0 Å². The number of nitro groups is 1. The van der Waals surface area contributed by atoms with Crippen molar-refractivity contribution in [3.63, 3.8) is 0 Å². The lowest BCUT2D eigenvalue weighted by Gasteiger charge is -2.04. The first-order chi connectivity index (χ1) is 11.4. The number of rotatable bonds is 5. The van der Waals surface area contributed by atoms with Crippen molar-refractivity contribution in [1.82, 2.24) is 5.43 Å². The molecule has 1 amide bonds. The van der Waals surface area contributed by atoms with Crippen LogP contribution in [0.2, 0.25) is 0 Å². The van der Waals surface area contributed by atoms with Crippen LogP contribution in [0.15, 0.2) is 41.5 Å². The van der Waals surface area contributed by atoms with Gasteiger partial charge in [0.15, 0.2) is 0 Å². The zero-order valence-electron chi connectivity index (χ0n) is 12.5. The van der Waals surface area contributed by atoms with Crippen molar-refractivity contribution < 1.29 is 24.7 Å². The molecule has 0 bridgehead atoms. The molecule has 0 heterocycles. The molecule has 2 aromatic rings. The summed E-state index contributed by atoms with van der Waals surface area (Å²) in [5, 5.41) is 33.7. The van der Waals surface area contributed by atoms with Crippen molar-refractivity contribution in [1.29, 1.82) is 0 Å². The summed E-state index contributed by atoms with van der Waals surface area (Å²) < 4.78 is 5.00. The summed E-state index contributed by atoms with van der Waals surface area (Å²) >= 11 is 0. The fourth-order valence-electron chi connectivity index (χ4n) is 1.80. The molecule has 0 saturated heterocycles. The number of aromatic hydroxyl groups is 2. The first-order valence-electron chi connectivity index (χ1n) is 6.60. The van der Waals surface area contributed by atoms with Crippen LogP contribution in [0.5, 0.6) is 17.2 Å². The standard InChI is InChI=1S/C15H13N3O6/c1-24-11-3-5-13(19)9(6-11)8-16-17-15(21)12-7-10(18(22)23)2-4-14(12)20/h2-8,19-20H,1H3,(H,17,21)/b16-8+. The number of ether oxygens (including phenoxy) is 1. The number of hydrogen-bond acceptors (Lipinski definition) is 7. The lowest BCUT2D eigenvalue weighted by atomic mass is 10.1. The maximum atomic E-state index is 11.9. The van der Waals surface area contributed by atoms with Gasteiger partial charge in [-0.15, -0.1) is 0 Å². The number of nitro benzene ring substituents is 1. The number of phenolic OH excluding ortho intramolecular Hbond substituents is 2. The molecule has 2 rings (SSSR count). The van der Waals surface area contributed by atoms with Crippen LogP contribution in [-0.4, -0.2) is 34.4 Å². The number of hydrazone groups is 1. The van der Waals surface area contributed by atoms with E-state index in [1.165, 1.54) is 25.5 Å². The quantitative estimate of drug-likeness (QED) is 0.434. The van der Waals surface area contributed by atoms with E-state index in [4.69, 9.17) is 4.74 Å². The Kier molecular flexibility index (Phi) is 4.95. The van der Waals surface area contributed by atoms with Crippen LogP contribution in [-0.2, 0) is 0 Å². The molecule has 0 radical (unpaired) electrons. The molecule has 0 atom stereocenters. The highest BCUT2D eigenvalue weighted by molar-refractivity contribution is 5.98. The summed E-state index contributed by atoms with van der Waals surface area (Å²) in [6.45, 7) is 0. The van der Waals surface area contributed by atoms with E-state index in [0.717, 1.165) is 18.2 Å². The molecule has 0 aliphatic carbocycles. The maximum Gasteiger partial charge on any atom is 0.275 e. The third kappa shape index (κ3) is 3.77. The van der Waals surface area contributed by atoms with Gasteiger partial charge in [-0.2, -0.15) is 5.10 Å². The summed E-state index contributed by atoms with van der Waals surface area (Å²) in [6, 6.07) is 7.49. The lowest BCUT2D eigenvalue weighted by Crippen LogP contribution is -2.18. The van der Waals surface area contributed by atoms with Gasteiger partial charge < -0.3 is 14.9 Å². The van der Waals surface area contributed by atoms with Gasteiger partial charge in [-0.05, 0) is 24.3 Å². The largest absolute Gasteiger partial charge is 0.507 e. The average Bonchev–Trinajstić information content (AvgIpc) is 2.56. The molecule has 2 aromatic carbocycles. The molecule has 124 valence electrons. The molecule has 0 aliphatic rings. The third-order valence-corrected chi connectivity index (χ3v) is 3.04. The molecule has 9 nitrogen and oxygen atoms in total. The highest BCUT2D eigenvalue weighted by Crippen LogP contribution is 2.23. The van der Waals surface area contributed by atoms with Crippen LogP contribution in [0.4, 0.5) is 5.69 Å². The molecular weight excluding hydrogens is 318 g/mol. The predicted molar refractivity (Wildman–Crippen MR) is 84.5 cm³/mol. The van der Waals surface area contributed by atoms with E-state index in [-0.39, 0.29) is 22.6 Å². The third-order valence-electron chi connectivity index (χ3n) is 3.04. The topological polar surface area (TPSA) is 134 Å². The zero-order valence-corrected chi connectivity index (χ0v) is 12.5. The van der Waals surface area contributed by atoms with Crippen molar-refractivity contribution >= 4 is 17.8 Å². The van der Waals surface area contributed by atoms with E-state index in [0.29, 0.717) is 5.75 Å². The van der Waals surface area contributed by atoms with Gasteiger partial charge in [0, 0.05) is 17.7 Å². The number of carbonyl (C=O) groups is 1. The first kappa shape index (κ1) is 16.7. The van der Waals surface area contributed by atoms with Crippen LogP contribution < -0.4 is 10.2 Å². The summed E-state index contributed by atoms with van der Waals surface area (Å²) in [6.07, 6.45) is 1.17. The Morgan fingerprint density at radius 3 is 2.62 bits per heavy atom. The monoisotopic (exact) mass is 331 g/mol. The van der Waals surface area contributed by atoms with Crippen LogP contribution in [0.1, 0.15) is 15.9 Å². The fraction of sp³-hybridized carbons (Fsp3) is 0.0667. The molecule has 0 spiro atoms. The second-order valence-corrected chi connectivity index (χ2v) is 4.58. The maximum absolute atomic E-state index is 11.9. The van der Waals surface area contributed by atoms with Gasteiger partial charge >= 0.3 is 0 Å². The minimum absolute atomic E-state index is 0.0769. The van der Waals surface area contributed by atoms with E-state index in [1.807, 2.05) is 0 Å². The number of benzene rings is 2. The minimum Gasteiger partial charge on any atom is -0.507 e. The highest BCUT2D eigenvalue weighted by atomic mass is 16.6. The van der Waals surface area contributed by atoms with Gasteiger partial charge in [0.25, 0.3) is 11.6 Å². The van der Waals surface area contributed by atoms with Gasteiger partial charge in [-0.3, -0.25) is 14.9 Å². The van der Waals surface area contributed by atoms with Gasteiger partial charge in [0.1, 0.15) is 17.2 Å². The van der Waals surface area contributed by atoms with E-state index < -0.39 is 16.6 Å². The molecular formula is C15H13N3O6. The predicted octanol–water partition coefficient (Wildman–Crippen LogP) is 1.78. The molecule has 9 heteroatoms. The van der Waals surface area contributed by atoms with Gasteiger partial charge in [0.05, 0.1) is 23.8 Å². The van der Waals surface area contributed by atoms with Crippen molar-refractivity contribution in [2.75, 3.05) is 7.11 Å². The molecule has 3 N–H and O–H groups in total. The number of carbonyl (C=O) groups excluding carboxylic acids is 1. The normalized spacial score (nSPS) is 10.5. The van der Waals surface area contributed by atoms with Crippen LogP contribution in [0.25, 0.3) is 0 Å². The number of amides is 1. The van der Waals surface area contributed by atoms with Gasteiger partial charge in [-0.25, -0.2) is 5.43 Å². The molecule has 0 unspecified atom stereocenters. The Morgan fingerprint density at radius 2 is 1.96 bits per heavy atom.